The molecular formula is C5H10N2O. The molecule has 0 heterocycles. The highest BCUT2D eigenvalue weighted by molar-refractivity contribution is 5.70. The summed E-state index contributed by atoms with van der Waals surface area (Å²) >= 11 is 0. The summed E-state index contributed by atoms with van der Waals surface area (Å²) in [7, 11) is 3.44. The molecule has 0 aromatic carbocycles. The van der Waals surface area contributed by atoms with Crippen molar-refractivity contribution in [1.82, 2.24) is 10.4 Å². The Morgan fingerprint density at radius 3 is 2.50 bits per heavy atom. The van der Waals surface area contributed by atoms with Gasteiger partial charge in [0.2, 0.25) is 0 Å². The monoisotopic (exact) mass is 114 g/mol. The van der Waals surface area contributed by atoms with Crippen molar-refractivity contribution in [2.45, 2.75) is 0 Å². The molecule has 0 unspecified atom stereocenters. The minimum absolute atomic E-state index is 0.424. The second-order valence-electron chi connectivity index (χ2n) is 1.39. The Hall–Kier alpha value is -0.830. The molecule has 46 valence electrons. The lowest BCUT2D eigenvalue weighted by molar-refractivity contribution is -0.106. The van der Waals surface area contributed by atoms with Crippen molar-refractivity contribution in [3.05, 3.63) is 12.3 Å². The van der Waals surface area contributed by atoms with Gasteiger partial charge in [-0.05, 0) is 0 Å². The lowest BCUT2D eigenvalue weighted by Gasteiger charge is -2.14. The number of nitrogens with one attached hydrogen (secondary N) is 1. The summed E-state index contributed by atoms with van der Waals surface area (Å²) < 4.78 is 0. The molecule has 0 aliphatic heterocycles. The van der Waals surface area contributed by atoms with E-state index in [0.29, 0.717) is 12.0 Å². The van der Waals surface area contributed by atoms with E-state index in [1.165, 1.54) is 5.01 Å². The molecule has 8 heavy (non-hydrogen) atoms. The molecule has 0 fully saturated rings. The third kappa shape index (κ3) is 1.75. The van der Waals surface area contributed by atoms with Crippen LogP contribution in [0.3, 0.4) is 0 Å². The zero-order chi connectivity index (χ0) is 6.57. The Labute approximate surface area is 49.0 Å². The van der Waals surface area contributed by atoms with Crippen molar-refractivity contribution in [1.29, 1.82) is 0 Å². The quantitative estimate of drug-likeness (QED) is 0.312. The van der Waals surface area contributed by atoms with Crippen LogP contribution in [0.5, 0.6) is 0 Å². The summed E-state index contributed by atoms with van der Waals surface area (Å²) in [5, 5.41) is 1.53. The van der Waals surface area contributed by atoms with E-state index in [9.17, 15) is 4.79 Å². The van der Waals surface area contributed by atoms with E-state index >= 15 is 0 Å². The van der Waals surface area contributed by atoms with E-state index in [0.717, 1.165) is 0 Å². The standard InChI is InChI=1S/C5H10N2O/c1-5(4-8)7(3)6-2/h4,6H,1H2,2-3H3. The molecule has 0 amide bonds. The summed E-state index contributed by atoms with van der Waals surface area (Å²) in [5.74, 6) is 0. The number of hydrazine groups is 1. The molecule has 0 saturated heterocycles. The Morgan fingerprint density at radius 1 is 1.88 bits per heavy atom. The maximum Gasteiger partial charge on any atom is 0.166 e. The van der Waals surface area contributed by atoms with E-state index in [-0.39, 0.29) is 0 Å². The van der Waals surface area contributed by atoms with Crippen LogP contribution in [-0.4, -0.2) is 25.4 Å². The normalized spacial score (nSPS) is 8.25. The first-order valence-electron chi connectivity index (χ1n) is 2.27. The fourth-order valence-corrected chi connectivity index (χ4v) is 0.223. The van der Waals surface area contributed by atoms with Crippen LogP contribution < -0.4 is 5.43 Å². The summed E-state index contributed by atoms with van der Waals surface area (Å²) in [6.45, 7) is 3.44. The van der Waals surface area contributed by atoms with Crippen molar-refractivity contribution in [3.63, 3.8) is 0 Å². The molecule has 0 aliphatic rings. The number of carbonyl (C=O) groups is 1. The van der Waals surface area contributed by atoms with Crippen molar-refractivity contribution >= 4 is 6.29 Å². The third-order valence-electron chi connectivity index (χ3n) is 0.902. The molecule has 3 heteroatoms. The highest BCUT2D eigenvalue weighted by Crippen LogP contribution is 1.84. The fraction of sp³-hybridized carbons (Fsp3) is 0.400. The van der Waals surface area contributed by atoms with E-state index in [2.05, 4.69) is 12.0 Å². The third-order valence-corrected chi connectivity index (χ3v) is 0.902. The van der Waals surface area contributed by atoms with Gasteiger partial charge in [0.15, 0.2) is 6.29 Å². The highest BCUT2D eigenvalue weighted by Gasteiger charge is 1.92. The minimum atomic E-state index is 0.424. The lowest BCUT2D eigenvalue weighted by Crippen LogP contribution is -2.29. The van der Waals surface area contributed by atoms with Gasteiger partial charge in [0.1, 0.15) is 0 Å². The van der Waals surface area contributed by atoms with Crippen LogP contribution in [0, 0.1) is 0 Å². The number of rotatable bonds is 3. The van der Waals surface area contributed by atoms with Crippen molar-refractivity contribution in [3.8, 4) is 0 Å². The predicted molar refractivity (Wildman–Crippen MR) is 32.0 cm³/mol. The largest absolute Gasteiger partial charge is 0.309 e. The molecule has 3 nitrogen and oxygen atoms in total. The number of nitrogens with zero attached hydrogens (tertiary/aromatic N) is 1. The topological polar surface area (TPSA) is 32.3 Å². The summed E-state index contributed by atoms with van der Waals surface area (Å²) in [4.78, 5) is 9.92. The smallest absolute Gasteiger partial charge is 0.166 e. The number of hydrogen-bond acceptors (Lipinski definition) is 3. The van der Waals surface area contributed by atoms with Crippen LogP contribution >= 0.6 is 0 Å². The zero-order valence-electron chi connectivity index (χ0n) is 5.14. The molecule has 0 aromatic heterocycles. The first-order valence-corrected chi connectivity index (χ1v) is 2.27. The highest BCUT2D eigenvalue weighted by atomic mass is 16.1. The number of hydrogen-bond donors (Lipinski definition) is 1. The Morgan fingerprint density at radius 2 is 2.38 bits per heavy atom. The van der Waals surface area contributed by atoms with Crippen molar-refractivity contribution in [2.75, 3.05) is 14.1 Å². The van der Waals surface area contributed by atoms with Gasteiger partial charge in [-0.25, -0.2) is 5.43 Å². The van der Waals surface area contributed by atoms with E-state index < -0.39 is 0 Å². The molecule has 0 aromatic rings. The van der Waals surface area contributed by atoms with Gasteiger partial charge in [0.05, 0.1) is 5.70 Å². The van der Waals surface area contributed by atoms with Crippen LogP contribution in [0.1, 0.15) is 0 Å². The number of likely N-dealkylation sites (N-methyl/N-ethyl adjacent to an activating group) is 1. The van der Waals surface area contributed by atoms with E-state index in [4.69, 9.17) is 0 Å². The number of carbonyl (C=O) groups excluding carboxylic acids is 1. The van der Waals surface area contributed by atoms with Gasteiger partial charge >= 0.3 is 0 Å². The van der Waals surface area contributed by atoms with Crippen LogP contribution in [0.2, 0.25) is 0 Å². The molecule has 0 aliphatic carbocycles. The van der Waals surface area contributed by atoms with E-state index in [1.807, 2.05) is 0 Å². The van der Waals surface area contributed by atoms with Gasteiger partial charge in [0.25, 0.3) is 0 Å². The van der Waals surface area contributed by atoms with Gasteiger partial charge < -0.3 is 5.01 Å². The second kappa shape index (κ2) is 3.21. The molecule has 0 bridgehead atoms. The van der Waals surface area contributed by atoms with Gasteiger partial charge in [-0.1, -0.05) is 6.58 Å². The first-order chi connectivity index (χ1) is 3.72. The number of aldehydes is 1. The summed E-state index contributed by atoms with van der Waals surface area (Å²) in [6, 6.07) is 0. The average molecular weight is 114 g/mol. The molecule has 0 spiro atoms. The maximum atomic E-state index is 9.92. The van der Waals surface area contributed by atoms with Gasteiger partial charge in [-0.2, -0.15) is 0 Å². The Bertz CT molecular complexity index is 101. The SMILES string of the molecule is C=C(C=O)N(C)NC. The van der Waals surface area contributed by atoms with Crippen LogP contribution in [0.4, 0.5) is 0 Å². The second-order valence-corrected chi connectivity index (χ2v) is 1.39. The molecule has 1 N–H and O–H groups in total. The Balaban J connectivity index is 3.62. The summed E-state index contributed by atoms with van der Waals surface area (Å²) in [6.07, 6.45) is 0.691. The average Bonchev–Trinajstić information content (AvgIpc) is 1.84. The van der Waals surface area contributed by atoms with Gasteiger partial charge in [0, 0.05) is 14.1 Å². The van der Waals surface area contributed by atoms with Crippen molar-refractivity contribution < 1.29 is 4.79 Å². The molecular weight excluding hydrogens is 104 g/mol. The molecule has 0 radical (unpaired) electrons. The first kappa shape index (κ1) is 7.17. The van der Waals surface area contributed by atoms with Crippen LogP contribution in [0.15, 0.2) is 12.3 Å². The predicted octanol–water partition coefficient (Wildman–Crippen LogP) is -0.235. The van der Waals surface area contributed by atoms with E-state index in [1.54, 1.807) is 14.1 Å². The summed E-state index contributed by atoms with van der Waals surface area (Å²) in [5.41, 5.74) is 3.14. The minimum Gasteiger partial charge on any atom is -0.309 e. The number of allylic oxidation sites excluding steroid dienone is 1. The fourth-order valence-electron chi connectivity index (χ4n) is 0.223. The van der Waals surface area contributed by atoms with Gasteiger partial charge in [-0.15, -0.1) is 0 Å². The lowest BCUT2D eigenvalue weighted by atomic mass is 10.5. The zero-order valence-corrected chi connectivity index (χ0v) is 5.14. The van der Waals surface area contributed by atoms with Crippen molar-refractivity contribution in [2.24, 2.45) is 0 Å². The molecule has 0 rings (SSSR count). The molecule has 0 atom stereocenters. The van der Waals surface area contributed by atoms with Crippen LogP contribution in [-0.2, 0) is 4.79 Å². The maximum absolute atomic E-state index is 9.92. The Kier molecular flexibility index (Phi) is 2.88. The van der Waals surface area contributed by atoms with Gasteiger partial charge in [-0.3, -0.25) is 4.79 Å². The molecule has 0 saturated carbocycles. The van der Waals surface area contributed by atoms with Crippen LogP contribution in [0.25, 0.3) is 0 Å².